The lowest BCUT2D eigenvalue weighted by Gasteiger charge is -2.49. The molecule has 2 aliphatic heterocycles. The summed E-state index contributed by atoms with van der Waals surface area (Å²) in [6, 6.07) is 6.62. The molecule has 2 aromatic heterocycles. The van der Waals surface area contributed by atoms with Crippen molar-refractivity contribution in [3.8, 4) is 28.7 Å². The molecule has 1 fully saturated rings. The first-order valence-electron chi connectivity index (χ1n) is 14.1. The highest BCUT2D eigenvalue weighted by Gasteiger charge is 2.54. The molecule has 0 saturated carbocycles. The topological polar surface area (TPSA) is 284 Å². The number of thioether (sulfide) groups is 2. The number of nitrogens with two attached hydrogens (primary N) is 1. The van der Waals surface area contributed by atoms with E-state index in [0.29, 0.717) is 16.7 Å². The number of hydrogen-bond acceptors (Lipinski definition) is 17. The maximum Gasteiger partial charge on any atom is 0.352 e. The van der Waals surface area contributed by atoms with Crippen molar-refractivity contribution in [2.24, 2.45) is 5.16 Å². The van der Waals surface area contributed by atoms with Crippen molar-refractivity contribution in [1.29, 1.82) is 0 Å². The fourth-order valence-corrected chi connectivity index (χ4v) is 7.61. The van der Waals surface area contributed by atoms with E-state index in [4.69, 9.17) is 15.0 Å². The highest BCUT2D eigenvalue weighted by molar-refractivity contribution is 8.01. The Kier molecular flexibility index (Phi) is 9.52. The number of anilines is 1. The Balaban J connectivity index is 1.14. The number of amides is 2. The van der Waals surface area contributed by atoms with Crippen molar-refractivity contribution in [3.05, 3.63) is 69.9 Å². The number of β-lactam (4-membered cyclic amide) rings is 1. The standard InChI is InChI=1S/C29H23N7O11S3/c30-28-31-15(10-49-28)19(35-46-7-11-1-3-16(37)14(5-11)26(42)43)22(40)32-20-24(41)36-21(27(44)45)13(8-48-25(20)36)9-50-29-34-33-23(47-29)12-2-4-17(38)18(39)6-12/h1-6,10,20,25,37-39H,7-9H2,(H2,30,31)(H,32,40)(H,42,43)(H,44,45)/b35-19-/t20-,25-/m1/s1. The average Bonchev–Trinajstić information content (AvgIpc) is 3.74. The van der Waals surface area contributed by atoms with Gasteiger partial charge in [0, 0.05) is 22.4 Å². The van der Waals surface area contributed by atoms with Crippen LogP contribution in [0.4, 0.5) is 5.13 Å². The van der Waals surface area contributed by atoms with E-state index in [1.165, 1.54) is 53.5 Å². The van der Waals surface area contributed by atoms with E-state index in [9.17, 15) is 44.7 Å². The van der Waals surface area contributed by atoms with Crippen LogP contribution >= 0.6 is 34.9 Å². The number of aromatic carboxylic acids is 1. The van der Waals surface area contributed by atoms with Gasteiger partial charge in [-0.05, 0) is 41.5 Å². The molecule has 6 rings (SSSR count). The summed E-state index contributed by atoms with van der Waals surface area (Å²) < 4.78 is 5.60. The minimum atomic E-state index is -1.35. The molecule has 50 heavy (non-hydrogen) atoms. The van der Waals surface area contributed by atoms with Gasteiger partial charge in [0.25, 0.3) is 17.0 Å². The first kappa shape index (κ1) is 34.1. The third kappa shape index (κ3) is 6.86. The number of fused-ring (bicyclic) bond motifs is 1. The SMILES string of the molecule is Nc1nc(/C(=N/OCc2ccc(O)c(C(=O)O)c2)C(=O)N[C@@H]2C(=O)N3C(C(=O)O)=C(CSc4nnc(-c5ccc(O)c(O)c5)o4)CS[C@H]23)cs1. The lowest BCUT2D eigenvalue weighted by atomic mass is 10.0. The van der Waals surface area contributed by atoms with E-state index in [1.54, 1.807) is 0 Å². The normalized spacial score (nSPS) is 17.2. The average molecular weight is 742 g/mol. The number of phenolic OH excluding ortho intramolecular Hbond substituents is 2. The summed E-state index contributed by atoms with van der Waals surface area (Å²) in [5, 5.41) is 63.5. The molecule has 4 heterocycles. The molecule has 0 spiro atoms. The molecular weight excluding hydrogens is 719 g/mol. The predicted molar refractivity (Wildman–Crippen MR) is 176 cm³/mol. The largest absolute Gasteiger partial charge is 0.507 e. The zero-order valence-corrected chi connectivity index (χ0v) is 27.5. The summed E-state index contributed by atoms with van der Waals surface area (Å²) in [6.45, 7) is -0.287. The second-order valence-corrected chi connectivity index (χ2v) is 13.3. The summed E-state index contributed by atoms with van der Waals surface area (Å²) in [7, 11) is 0. The van der Waals surface area contributed by atoms with Crippen LogP contribution in [0.5, 0.6) is 17.2 Å². The second kappa shape index (κ2) is 14.0. The van der Waals surface area contributed by atoms with Crippen molar-refractivity contribution in [2.45, 2.75) is 23.2 Å². The van der Waals surface area contributed by atoms with Crippen LogP contribution in [0.2, 0.25) is 0 Å². The molecule has 2 aliphatic rings. The fraction of sp³-hybridized carbons (Fsp3) is 0.172. The lowest BCUT2D eigenvalue weighted by molar-refractivity contribution is -0.150. The maximum atomic E-state index is 13.4. The Morgan fingerprint density at radius 1 is 1.08 bits per heavy atom. The zero-order chi connectivity index (χ0) is 35.7. The zero-order valence-electron chi connectivity index (χ0n) is 25.0. The van der Waals surface area contributed by atoms with Gasteiger partial charge in [-0.3, -0.25) is 14.5 Å². The van der Waals surface area contributed by atoms with Gasteiger partial charge >= 0.3 is 11.9 Å². The monoisotopic (exact) mass is 741 g/mol. The number of hydrogen-bond donors (Lipinski definition) is 7. The third-order valence-corrected chi connectivity index (χ3v) is 10.1. The molecule has 21 heteroatoms. The highest BCUT2D eigenvalue weighted by atomic mass is 32.2. The van der Waals surface area contributed by atoms with Gasteiger partial charge in [0.15, 0.2) is 22.3 Å². The molecule has 258 valence electrons. The fourth-order valence-electron chi connectivity index (χ4n) is 4.81. The number of aromatic nitrogens is 3. The minimum absolute atomic E-state index is 0.0404. The number of carboxylic acid groups (broad SMARTS) is 2. The molecule has 2 atom stereocenters. The number of benzene rings is 2. The number of oxime groups is 1. The van der Waals surface area contributed by atoms with Gasteiger partial charge in [0.05, 0.1) is 0 Å². The molecule has 8 N–H and O–H groups in total. The number of nitrogens with one attached hydrogen (secondary N) is 1. The van der Waals surface area contributed by atoms with Crippen LogP contribution in [0, 0.1) is 0 Å². The number of carboxylic acids is 2. The molecule has 0 aliphatic carbocycles. The number of aromatic hydroxyl groups is 3. The number of nitrogens with zero attached hydrogens (tertiary/aromatic N) is 5. The molecular formula is C29H23N7O11S3. The predicted octanol–water partition coefficient (Wildman–Crippen LogP) is 2.04. The van der Waals surface area contributed by atoms with Crippen LogP contribution in [0.25, 0.3) is 11.5 Å². The van der Waals surface area contributed by atoms with Gasteiger partial charge in [0.1, 0.15) is 40.7 Å². The van der Waals surface area contributed by atoms with Gasteiger partial charge < -0.3 is 45.8 Å². The summed E-state index contributed by atoms with van der Waals surface area (Å²) in [4.78, 5) is 60.9. The van der Waals surface area contributed by atoms with Crippen molar-refractivity contribution in [2.75, 3.05) is 17.2 Å². The quantitative estimate of drug-likeness (QED) is 0.0359. The van der Waals surface area contributed by atoms with E-state index in [1.807, 2.05) is 0 Å². The Morgan fingerprint density at radius 3 is 2.56 bits per heavy atom. The summed E-state index contributed by atoms with van der Waals surface area (Å²) in [5.74, 6) is -5.03. The molecule has 2 aromatic carbocycles. The lowest BCUT2D eigenvalue weighted by Crippen LogP contribution is -2.71. The maximum absolute atomic E-state index is 13.4. The number of thiazole rings is 1. The third-order valence-electron chi connectivity index (χ3n) is 7.19. The van der Waals surface area contributed by atoms with Gasteiger partial charge in [0.2, 0.25) is 5.89 Å². The second-order valence-electron chi connectivity index (χ2n) is 10.4. The number of nitrogen functional groups attached to an aromatic ring is 1. The van der Waals surface area contributed by atoms with Gasteiger partial charge in [-0.15, -0.1) is 33.3 Å². The van der Waals surface area contributed by atoms with Crippen LogP contribution in [0.1, 0.15) is 21.6 Å². The minimum Gasteiger partial charge on any atom is -0.507 e. The van der Waals surface area contributed by atoms with Crippen LogP contribution in [-0.4, -0.2) is 98.0 Å². The van der Waals surface area contributed by atoms with Gasteiger partial charge in [-0.1, -0.05) is 23.0 Å². The molecule has 0 unspecified atom stereocenters. The van der Waals surface area contributed by atoms with Crippen LogP contribution in [0.3, 0.4) is 0 Å². The van der Waals surface area contributed by atoms with Crippen molar-refractivity contribution >= 4 is 69.5 Å². The van der Waals surface area contributed by atoms with E-state index in [2.05, 4.69) is 25.7 Å². The van der Waals surface area contributed by atoms with E-state index in [-0.39, 0.29) is 68.5 Å². The van der Waals surface area contributed by atoms with E-state index >= 15 is 0 Å². The van der Waals surface area contributed by atoms with Crippen molar-refractivity contribution in [3.63, 3.8) is 0 Å². The first-order chi connectivity index (χ1) is 23.9. The van der Waals surface area contributed by atoms with Crippen molar-refractivity contribution in [1.82, 2.24) is 25.4 Å². The highest BCUT2D eigenvalue weighted by Crippen LogP contribution is 2.42. The summed E-state index contributed by atoms with van der Waals surface area (Å²) >= 11 is 3.30. The molecule has 4 aromatic rings. The molecule has 2 amide bonds. The Morgan fingerprint density at radius 2 is 1.86 bits per heavy atom. The van der Waals surface area contributed by atoms with Crippen LogP contribution in [-0.2, 0) is 25.8 Å². The van der Waals surface area contributed by atoms with E-state index in [0.717, 1.165) is 28.0 Å². The Labute approximate surface area is 292 Å². The van der Waals surface area contributed by atoms with Crippen LogP contribution < -0.4 is 11.1 Å². The number of carbonyl (C=O) groups is 4. The summed E-state index contributed by atoms with van der Waals surface area (Å²) in [6.07, 6.45) is 0. The van der Waals surface area contributed by atoms with Gasteiger partial charge in [-0.2, -0.15) is 0 Å². The summed E-state index contributed by atoms with van der Waals surface area (Å²) in [5.41, 5.74) is 5.93. The number of aliphatic carboxylic acids is 1. The molecule has 0 bridgehead atoms. The Bertz CT molecular complexity index is 2100. The first-order valence-corrected chi connectivity index (χ1v) is 17.0. The van der Waals surface area contributed by atoms with Crippen molar-refractivity contribution < 1.29 is 54.0 Å². The van der Waals surface area contributed by atoms with Gasteiger partial charge in [-0.25, -0.2) is 14.6 Å². The number of phenols is 3. The van der Waals surface area contributed by atoms with Crippen LogP contribution in [0.15, 0.2) is 67.8 Å². The number of rotatable bonds is 12. The molecule has 18 nitrogen and oxygen atoms in total. The molecule has 0 radical (unpaired) electrons. The van der Waals surface area contributed by atoms with E-state index < -0.39 is 40.9 Å². The number of carbonyl (C=O) groups excluding carboxylic acids is 2. The Hall–Kier alpha value is -5.80. The smallest absolute Gasteiger partial charge is 0.352 e. The molecule has 1 saturated heterocycles.